The number of nitrogens with one attached hydrogen (secondary N) is 3. The van der Waals surface area contributed by atoms with E-state index < -0.39 is 23.7 Å². The van der Waals surface area contributed by atoms with Crippen molar-refractivity contribution in [1.82, 2.24) is 16.0 Å². The minimum atomic E-state index is -0.790. The minimum absolute atomic E-state index is 0.156. The topological polar surface area (TPSA) is 114 Å². The molecular weight excluding hydrogens is 458 g/mol. The molecule has 0 aromatic heterocycles. The van der Waals surface area contributed by atoms with Crippen molar-refractivity contribution in [3.8, 4) is 0 Å². The lowest BCUT2D eigenvalue weighted by Crippen LogP contribution is -2.56. The Bertz CT molecular complexity index is 1130. The van der Waals surface area contributed by atoms with Crippen molar-refractivity contribution in [2.24, 2.45) is 5.92 Å². The first kappa shape index (κ1) is 25.7. The highest BCUT2D eigenvalue weighted by Gasteiger charge is 2.40. The zero-order valence-corrected chi connectivity index (χ0v) is 21.4. The summed E-state index contributed by atoms with van der Waals surface area (Å²) in [4.78, 5) is 51.4. The molecule has 0 heterocycles. The van der Waals surface area contributed by atoms with E-state index in [0.717, 1.165) is 36.8 Å². The lowest BCUT2D eigenvalue weighted by Gasteiger charge is -2.36. The Kier molecular flexibility index (Phi) is 7.33. The van der Waals surface area contributed by atoms with Gasteiger partial charge in [-0.3, -0.25) is 14.4 Å². The van der Waals surface area contributed by atoms with E-state index in [9.17, 15) is 19.2 Å². The molecular formula is C28H35N3O5. The molecule has 192 valence electrons. The number of hydrogen-bond acceptors (Lipinski definition) is 6. The first-order chi connectivity index (χ1) is 17.0. The van der Waals surface area contributed by atoms with Gasteiger partial charge < -0.3 is 20.7 Å². The first-order valence-electron chi connectivity index (χ1n) is 12.7. The maximum absolute atomic E-state index is 13.4. The molecule has 4 atom stereocenters. The molecule has 0 radical (unpaired) electrons. The van der Waals surface area contributed by atoms with Crippen LogP contribution in [0.5, 0.6) is 0 Å². The van der Waals surface area contributed by atoms with Crippen molar-refractivity contribution in [2.45, 2.75) is 83.5 Å². The standard InChI is InChI=1S/C28H35N3O5/c1-16(29-27(35)36-28(2,3)4)26(34)31-21-12-8-7-11-20(21)30-22-14-13-18-15-17-9-5-6-10-19(17)24(32)23(18)25(22)33/h5-6,9-10,13-14,16,20-21,23,30H,7-8,11-12,15H2,1-4H3,(H,29,35)(H,31,34)/t16-,20?,21?,23?/m0/s1. The number of ketones is 2. The molecule has 1 saturated carbocycles. The number of allylic oxidation sites excluding steroid dienone is 4. The van der Waals surface area contributed by atoms with Crippen LogP contribution in [0.2, 0.25) is 0 Å². The SMILES string of the molecule is C[C@H](NC(=O)OC(C)(C)C)C(=O)NC1CCCCC1NC1=CC=C2Cc3ccccc3C(=O)C2C1=O. The highest BCUT2D eigenvalue weighted by Crippen LogP contribution is 2.34. The van der Waals surface area contributed by atoms with Gasteiger partial charge in [-0.25, -0.2) is 4.79 Å². The molecule has 1 aromatic carbocycles. The highest BCUT2D eigenvalue weighted by molar-refractivity contribution is 6.20. The quantitative estimate of drug-likeness (QED) is 0.542. The normalized spacial score (nSPS) is 24.4. The molecule has 1 fully saturated rings. The fourth-order valence-electron chi connectivity index (χ4n) is 5.08. The van der Waals surface area contributed by atoms with E-state index in [-0.39, 0.29) is 29.6 Å². The molecule has 3 unspecified atom stereocenters. The summed E-state index contributed by atoms with van der Waals surface area (Å²) in [7, 11) is 0. The maximum atomic E-state index is 13.4. The van der Waals surface area contributed by atoms with Crippen LogP contribution in [-0.2, 0) is 20.7 Å². The van der Waals surface area contributed by atoms with Crippen LogP contribution >= 0.6 is 0 Å². The lowest BCUT2D eigenvalue weighted by molar-refractivity contribution is -0.123. The smallest absolute Gasteiger partial charge is 0.408 e. The molecule has 3 aliphatic carbocycles. The average Bonchev–Trinajstić information content (AvgIpc) is 2.80. The van der Waals surface area contributed by atoms with Crippen molar-refractivity contribution in [3.05, 3.63) is 58.8 Å². The molecule has 4 rings (SSSR count). The molecule has 36 heavy (non-hydrogen) atoms. The lowest BCUT2D eigenvalue weighted by atomic mass is 9.74. The van der Waals surface area contributed by atoms with Crippen LogP contribution in [0.3, 0.4) is 0 Å². The Labute approximate surface area is 211 Å². The van der Waals surface area contributed by atoms with Crippen LogP contribution in [0.4, 0.5) is 4.79 Å². The monoisotopic (exact) mass is 493 g/mol. The Morgan fingerprint density at radius 2 is 1.69 bits per heavy atom. The van der Waals surface area contributed by atoms with Crippen LogP contribution in [0, 0.1) is 5.92 Å². The van der Waals surface area contributed by atoms with E-state index >= 15 is 0 Å². The van der Waals surface area contributed by atoms with Gasteiger partial charge in [-0.1, -0.05) is 43.2 Å². The van der Waals surface area contributed by atoms with Gasteiger partial charge in [-0.15, -0.1) is 0 Å². The summed E-state index contributed by atoms with van der Waals surface area (Å²) in [5, 5.41) is 8.94. The van der Waals surface area contributed by atoms with Gasteiger partial charge in [-0.2, -0.15) is 0 Å². The molecule has 0 spiro atoms. The van der Waals surface area contributed by atoms with Gasteiger partial charge in [0, 0.05) is 17.6 Å². The average molecular weight is 494 g/mol. The summed E-state index contributed by atoms with van der Waals surface area (Å²) in [6, 6.07) is 6.29. The van der Waals surface area contributed by atoms with Gasteiger partial charge >= 0.3 is 6.09 Å². The molecule has 1 aromatic rings. The van der Waals surface area contributed by atoms with Crippen LogP contribution in [-0.4, -0.2) is 47.3 Å². The van der Waals surface area contributed by atoms with Crippen molar-refractivity contribution < 1.29 is 23.9 Å². The Morgan fingerprint density at radius 3 is 2.42 bits per heavy atom. The van der Waals surface area contributed by atoms with Gasteiger partial charge in [0.1, 0.15) is 17.6 Å². The van der Waals surface area contributed by atoms with Crippen molar-refractivity contribution in [2.75, 3.05) is 0 Å². The van der Waals surface area contributed by atoms with Gasteiger partial charge in [0.2, 0.25) is 5.91 Å². The van der Waals surface area contributed by atoms with Crippen molar-refractivity contribution >= 4 is 23.6 Å². The van der Waals surface area contributed by atoms with Gasteiger partial charge in [-0.05, 0) is 64.2 Å². The second-order valence-corrected chi connectivity index (χ2v) is 10.8. The summed E-state index contributed by atoms with van der Waals surface area (Å²) < 4.78 is 5.24. The van der Waals surface area contributed by atoms with E-state index in [1.165, 1.54) is 0 Å². The van der Waals surface area contributed by atoms with E-state index in [1.54, 1.807) is 39.8 Å². The largest absolute Gasteiger partial charge is 0.444 e. The maximum Gasteiger partial charge on any atom is 0.408 e. The number of ether oxygens (including phenoxy) is 1. The van der Waals surface area contributed by atoms with Crippen LogP contribution in [0.15, 0.2) is 47.7 Å². The van der Waals surface area contributed by atoms with E-state index in [2.05, 4.69) is 16.0 Å². The van der Waals surface area contributed by atoms with Crippen LogP contribution < -0.4 is 16.0 Å². The van der Waals surface area contributed by atoms with Crippen molar-refractivity contribution in [3.63, 3.8) is 0 Å². The molecule has 8 heteroatoms. The van der Waals surface area contributed by atoms with Gasteiger partial charge in [0.05, 0.1) is 5.70 Å². The third-order valence-electron chi connectivity index (χ3n) is 6.86. The zero-order valence-electron chi connectivity index (χ0n) is 21.4. The predicted molar refractivity (Wildman–Crippen MR) is 135 cm³/mol. The second kappa shape index (κ2) is 10.3. The summed E-state index contributed by atoms with van der Waals surface area (Å²) in [6.07, 6.45) is 7.03. The predicted octanol–water partition coefficient (Wildman–Crippen LogP) is 3.36. The van der Waals surface area contributed by atoms with Crippen LogP contribution in [0.25, 0.3) is 0 Å². The number of carbonyl (C=O) groups is 4. The molecule has 0 aliphatic heterocycles. The fraction of sp³-hybridized carbons (Fsp3) is 0.500. The molecule has 3 N–H and O–H groups in total. The molecule has 8 nitrogen and oxygen atoms in total. The van der Waals surface area contributed by atoms with E-state index in [4.69, 9.17) is 4.74 Å². The second-order valence-electron chi connectivity index (χ2n) is 10.8. The number of hydrogen-bond donors (Lipinski definition) is 3. The van der Waals surface area contributed by atoms with Gasteiger partial charge in [0.25, 0.3) is 0 Å². The van der Waals surface area contributed by atoms with E-state index in [0.29, 0.717) is 17.7 Å². The fourth-order valence-corrected chi connectivity index (χ4v) is 5.08. The summed E-state index contributed by atoms with van der Waals surface area (Å²) in [5.41, 5.74) is 2.14. The van der Waals surface area contributed by atoms with E-state index in [1.807, 2.05) is 24.3 Å². The van der Waals surface area contributed by atoms with Crippen molar-refractivity contribution in [1.29, 1.82) is 0 Å². The highest BCUT2D eigenvalue weighted by atomic mass is 16.6. The third-order valence-corrected chi connectivity index (χ3v) is 6.86. The Morgan fingerprint density at radius 1 is 1.00 bits per heavy atom. The van der Waals surface area contributed by atoms with Crippen LogP contribution in [0.1, 0.15) is 69.3 Å². The summed E-state index contributed by atoms with van der Waals surface area (Å²) in [5.74, 6) is -1.48. The molecule has 2 amide bonds. The summed E-state index contributed by atoms with van der Waals surface area (Å²) in [6.45, 7) is 6.88. The molecule has 0 saturated heterocycles. The third kappa shape index (κ3) is 5.69. The number of carbonyl (C=O) groups excluding carboxylic acids is 4. The minimum Gasteiger partial charge on any atom is -0.444 e. The number of amides is 2. The molecule has 0 bridgehead atoms. The number of rotatable bonds is 5. The zero-order chi connectivity index (χ0) is 26.0. The first-order valence-corrected chi connectivity index (χ1v) is 12.7. The molecule has 3 aliphatic rings. The number of alkyl carbamates (subject to hydrolysis) is 1. The number of Topliss-reactive ketones (excluding diaryl/α,β-unsaturated/α-hetero) is 2. The number of fused-ring (bicyclic) bond motifs is 2. The Hall–Kier alpha value is -3.42. The summed E-state index contributed by atoms with van der Waals surface area (Å²) >= 11 is 0. The number of benzene rings is 1. The van der Waals surface area contributed by atoms with Gasteiger partial charge in [0.15, 0.2) is 11.6 Å². The Balaban J connectivity index is 1.41.